The number of carboxylic acid groups (broad SMARTS) is 1. The molecule has 136 valence electrons. The average molecular weight is 415 g/mol. The monoisotopic (exact) mass is 414 g/mol. The lowest BCUT2D eigenvalue weighted by molar-refractivity contribution is -0.159. The van der Waals surface area contributed by atoms with Gasteiger partial charge in [-0.2, -0.15) is 0 Å². The van der Waals surface area contributed by atoms with Crippen molar-refractivity contribution in [3.63, 3.8) is 0 Å². The molecule has 0 saturated heterocycles. The largest absolute Gasteiger partial charge is 0.493 e. The maximum Gasteiger partial charge on any atom is 0.330 e. The summed E-state index contributed by atoms with van der Waals surface area (Å²) in [5.74, 6) is -2.72. The normalized spacial score (nSPS) is 11.4. The number of benzene rings is 1. The van der Waals surface area contributed by atoms with Crippen molar-refractivity contribution in [3.05, 3.63) is 34.3 Å². The second-order valence-corrected chi connectivity index (χ2v) is 6.00. The van der Waals surface area contributed by atoms with E-state index in [1.165, 1.54) is 14.2 Å². The van der Waals surface area contributed by atoms with Gasteiger partial charge in [-0.3, -0.25) is 9.59 Å². The Morgan fingerprint density at radius 3 is 2.24 bits per heavy atom. The molecule has 1 aromatic rings. The zero-order valence-corrected chi connectivity index (χ0v) is 15.7. The molecule has 0 aliphatic rings. The maximum atomic E-state index is 12.3. The molecule has 8 heteroatoms. The molecule has 0 aromatic heterocycles. The predicted octanol–water partition coefficient (Wildman–Crippen LogP) is 3.06. The number of carboxylic acids is 1. The molecule has 0 amide bonds. The molecule has 1 aromatic carbocycles. The van der Waals surface area contributed by atoms with Gasteiger partial charge < -0.3 is 19.3 Å². The SMILES string of the molecule is C=C(CCC(C(=O)OC(C)=O)c1cc(OC)c(OC)cc1Br)C(=O)O. The van der Waals surface area contributed by atoms with Crippen molar-refractivity contribution in [2.24, 2.45) is 0 Å². The summed E-state index contributed by atoms with van der Waals surface area (Å²) in [6.45, 7) is 4.57. The van der Waals surface area contributed by atoms with Crippen molar-refractivity contribution < 1.29 is 33.7 Å². The van der Waals surface area contributed by atoms with E-state index in [1.807, 2.05) is 0 Å². The van der Waals surface area contributed by atoms with E-state index in [2.05, 4.69) is 22.5 Å². The van der Waals surface area contributed by atoms with Crippen LogP contribution in [0, 0.1) is 0 Å². The molecule has 0 bridgehead atoms. The topological polar surface area (TPSA) is 99.1 Å². The van der Waals surface area contributed by atoms with Crippen LogP contribution in [-0.4, -0.2) is 37.2 Å². The number of hydrogen-bond donors (Lipinski definition) is 1. The lowest BCUT2D eigenvalue weighted by Crippen LogP contribution is -2.19. The highest BCUT2D eigenvalue weighted by atomic mass is 79.9. The van der Waals surface area contributed by atoms with Gasteiger partial charge in [0.15, 0.2) is 11.5 Å². The molecule has 0 saturated carbocycles. The third-order valence-electron chi connectivity index (χ3n) is 3.44. The van der Waals surface area contributed by atoms with Crippen LogP contribution in [0.1, 0.15) is 31.2 Å². The number of aliphatic carboxylic acids is 1. The van der Waals surface area contributed by atoms with E-state index >= 15 is 0 Å². The summed E-state index contributed by atoms with van der Waals surface area (Å²) in [5.41, 5.74) is 0.444. The van der Waals surface area contributed by atoms with Gasteiger partial charge in [-0.05, 0) is 30.5 Å². The predicted molar refractivity (Wildman–Crippen MR) is 92.8 cm³/mol. The summed E-state index contributed by atoms with van der Waals surface area (Å²) in [6, 6.07) is 3.20. The average Bonchev–Trinajstić information content (AvgIpc) is 2.54. The quantitative estimate of drug-likeness (QED) is 0.396. The third kappa shape index (κ3) is 5.60. The van der Waals surface area contributed by atoms with E-state index in [-0.39, 0.29) is 18.4 Å². The molecule has 0 heterocycles. The first kappa shape index (κ1) is 20.7. The van der Waals surface area contributed by atoms with Crippen molar-refractivity contribution in [1.82, 2.24) is 0 Å². The van der Waals surface area contributed by atoms with Crippen LogP contribution >= 0.6 is 15.9 Å². The zero-order chi connectivity index (χ0) is 19.1. The molecule has 0 spiro atoms. The summed E-state index contributed by atoms with van der Waals surface area (Å²) in [7, 11) is 2.92. The molecule has 0 fully saturated rings. The minimum absolute atomic E-state index is 0.0442. The van der Waals surface area contributed by atoms with Crippen molar-refractivity contribution in [3.8, 4) is 11.5 Å². The number of hydrogen-bond acceptors (Lipinski definition) is 6. The van der Waals surface area contributed by atoms with Crippen molar-refractivity contribution in [2.45, 2.75) is 25.7 Å². The van der Waals surface area contributed by atoms with Gasteiger partial charge in [0.2, 0.25) is 0 Å². The lowest BCUT2D eigenvalue weighted by Gasteiger charge is -2.19. The number of methoxy groups -OCH3 is 2. The summed E-state index contributed by atoms with van der Waals surface area (Å²) < 4.78 is 15.7. The summed E-state index contributed by atoms with van der Waals surface area (Å²) in [4.78, 5) is 34.4. The van der Waals surface area contributed by atoms with Crippen LogP contribution in [0.15, 0.2) is 28.8 Å². The van der Waals surface area contributed by atoms with Gasteiger partial charge in [-0.25, -0.2) is 4.79 Å². The molecule has 0 radical (unpaired) electrons. The zero-order valence-electron chi connectivity index (χ0n) is 14.1. The first-order chi connectivity index (χ1) is 11.7. The van der Waals surface area contributed by atoms with Gasteiger partial charge in [0.1, 0.15) is 0 Å². The van der Waals surface area contributed by atoms with Crippen LogP contribution < -0.4 is 9.47 Å². The van der Waals surface area contributed by atoms with Crippen molar-refractivity contribution in [1.29, 1.82) is 0 Å². The summed E-state index contributed by atoms with van der Waals surface area (Å²) >= 11 is 3.36. The van der Waals surface area contributed by atoms with Crippen LogP contribution in [0.25, 0.3) is 0 Å². The van der Waals surface area contributed by atoms with Crippen LogP contribution in [0.4, 0.5) is 0 Å². The standard InChI is InChI=1S/C17H19BrO7/c1-9(16(20)21)5-6-11(17(22)25-10(2)19)12-7-14(23-3)15(24-4)8-13(12)18/h7-8,11H,1,5-6H2,2-4H3,(H,20,21). The number of esters is 2. The van der Waals surface area contributed by atoms with Gasteiger partial charge in [0.25, 0.3) is 0 Å². The summed E-state index contributed by atoms with van der Waals surface area (Å²) in [6.07, 6.45) is 0.152. The number of carbonyl (C=O) groups excluding carboxylic acids is 2. The second-order valence-electron chi connectivity index (χ2n) is 5.14. The Morgan fingerprint density at radius 1 is 1.20 bits per heavy atom. The Morgan fingerprint density at radius 2 is 1.76 bits per heavy atom. The molecular weight excluding hydrogens is 396 g/mol. The van der Waals surface area contributed by atoms with E-state index in [1.54, 1.807) is 12.1 Å². The Balaban J connectivity index is 3.26. The molecule has 7 nitrogen and oxygen atoms in total. The van der Waals surface area contributed by atoms with Gasteiger partial charge in [-0.1, -0.05) is 22.5 Å². The number of halogens is 1. The van der Waals surface area contributed by atoms with E-state index in [0.29, 0.717) is 21.5 Å². The lowest BCUT2D eigenvalue weighted by atomic mass is 9.92. The van der Waals surface area contributed by atoms with E-state index in [9.17, 15) is 14.4 Å². The second kappa shape index (κ2) is 9.22. The van der Waals surface area contributed by atoms with Crippen molar-refractivity contribution >= 4 is 33.8 Å². The Labute approximate surface area is 153 Å². The van der Waals surface area contributed by atoms with Crippen LogP contribution in [0.5, 0.6) is 11.5 Å². The van der Waals surface area contributed by atoms with Crippen LogP contribution in [0.3, 0.4) is 0 Å². The van der Waals surface area contributed by atoms with Crippen LogP contribution in [0.2, 0.25) is 0 Å². The molecular formula is C17H19BrO7. The highest BCUT2D eigenvalue weighted by Gasteiger charge is 2.28. The Kier molecular flexibility index (Phi) is 7.63. The molecule has 1 N–H and O–H groups in total. The smallest absolute Gasteiger partial charge is 0.330 e. The molecule has 1 unspecified atom stereocenters. The Hall–Kier alpha value is -2.35. The molecule has 0 aliphatic carbocycles. The fourth-order valence-corrected chi connectivity index (χ4v) is 2.77. The number of rotatable bonds is 8. The Bertz CT molecular complexity index is 696. The first-order valence-electron chi connectivity index (χ1n) is 7.26. The van der Waals surface area contributed by atoms with Gasteiger partial charge in [-0.15, -0.1) is 0 Å². The van der Waals surface area contributed by atoms with Gasteiger partial charge >= 0.3 is 17.9 Å². The summed E-state index contributed by atoms with van der Waals surface area (Å²) in [5, 5.41) is 8.94. The minimum Gasteiger partial charge on any atom is -0.493 e. The van der Waals surface area contributed by atoms with Crippen LogP contribution in [-0.2, 0) is 19.1 Å². The third-order valence-corrected chi connectivity index (χ3v) is 4.13. The fraction of sp³-hybridized carbons (Fsp3) is 0.353. The first-order valence-corrected chi connectivity index (χ1v) is 8.05. The molecule has 1 atom stereocenters. The fourth-order valence-electron chi connectivity index (χ4n) is 2.18. The molecule has 1 rings (SSSR count). The number of carbonyl (C=O) groups is 3. The van der Waals surface area contributed by atoms with Gasteiger partial charge in [0.05, 0.1) is 20.1 Å². The van der Waals surface area contributed by atoms with E-state index in [0.717, 1.165) is 6.92 Å². The van der Waals surface area contributed by atoms with Crippen molar-refractivity contribution in [2.75, 3.05) is 14.2 Å². The highest BCUT2D eigenvalue weighted by molar-refractivity contribution is 9.10. The van der Waals surface area contributed by atoms with E-state index < -0.39 is 23.8 Å². The van der Waals surface area contributed by atoms with Gasteiger partial charge in [0, 0.05) is 17.0 Å². The highest BCUT2D eigenvalue weighted by Crippen LogP contribution is 2.39. The maximum absolute atomic E-state index is 12.3. The minimum atomic E-state index is -1.15. The molecule has 0 aliphatic heterocycles. The number of ether oxygens (including phenoxy) is 3. The van der Waals surface area contributed by atoms with E-state index in [4.69, 9.17) is 19.3 Å². The molecule has 25 heavy (non-hydrogen) atoms.